The fraction of sp³-hybridized carbons (Fsp3) is 0.529. The van der Waals surface area contributed by atoms with Crippen LogP contribution in [-0.4, -0.2) is 9.04 Å². The third kappa shape index (κ3) is 6.49. The minimum absolute atomic E-state index is 0.198. The molecule has 0 saturated heterocycles. The van der Waals surface area contributed by atoms with Crippen molar-refractivity contribution in [1.82, 2.24) is 0 Å². The quantitative estimate of drug-likeness (QED) is 0.589. The fourth-order valence-electron chi connectivity index (χ4n) is 1.90. The maximum Gasteiger partial charge on any atom is 0.244 e. The molecule has 0 aliphatic heterocycles. The maximum absolute atomic E-state index is 5.50. The summed E-state index contributed by atoms with van der Waals surface area (Å²) >= 11 is 0. The molecule has 0 bridgehead atoms. The number of hydrogen-bond acceptors (Lipinski definition) is 1. The van der Waals surface area contributed by atoms with Gasteiger partial charge in [-0.25, -0.2) is 0 Å². The lowest BCUT2D eigenvalue weighted by atomic mass is 9.78. The van der Waals surface area contributed by atoms with E-state index in [2.05, 4.69) is 76.2 Å². The number of rotatable bonds is 4. The van der Waals surface area contributed by atoms with E-state index in [0.717, 1.165) is 12.8 Å². The Labute approximate surface area is 120 Å². The highest BCUT2D eigenvalue weighted by Gasteiger charge is 2.22. The van der Waals surface area contributed by atoms with Crippen molar-refractivity contribution in [2.45, 2.75) is 46.7 Å². The molecule has 1 atom stereocenters. The van der Waals surface area contributed by atoms with Gasteiger partial charge in [-0.1, -0.05) is 57.0 Å². The molecule has 0 spiro atoms. The summed E-state index contributed by atoms with van der Waals surface area (Å²) in [7, 11) is -1.04. The summed E-state index contributed by atoms with van der Waals surface area (Å²) in [5, 5.41) is 0. The molecule has 0 aliphatic carbocycles. The van der Waals surface area contributed by atoms with Gasteiger partial charge in [0.25, 0.3) is 0 Å². The van der Waals surface area contributed by atoms with Gasteiger partial charge in [-0.15, -0.1) is 0 Å². The predicted molar refractivity (Wildman–Crippen MR) is 85.4 cm³/mol. The average Bonchev–Trinajstić information content (AvgIpc) is 2.33. The fourth-order valence-corrected chi connectivity index (χ4v) is 2.20. The molecule has 1 aromatic rings. The monoisotopic (exact) mass is 274 g/mol. The van der Waals surface area contributed by atoms with Crippen LogP contribution in [0.4, 0.5) is 0 Å². The van der Waals surface area contributed by atoms with E-state index in [0.29, 0.717) is 5.92 Å². The summed E-state index contributed by atoms with van der Waals surface area (Å²) in [6.07, 6.45) is 5.11. The zero-order chi connectivity index (χ0) is 14.3. The molecule has 1 aromatic carbocycles. The van der Waals surface area contributed by atoms with Gasteiger partial charge >= 0.3 is 0 Å². The van der Waals surface area contributed by atoms with Gasteiger partial charge in [0.15, 0.2) is 0 Å². The van der Waals surface area contributed by atoms with Crippen molar-refractivity contribution in [2.24, 2.45) is 11.3 Å². The zero-order valence-electron chi connectivity index (χ0n) is 12.9. The molecule has 0 N–H and O–H groups in total. The van der Waals surface area contributed by atoms with Gasteiger partial charge in [0, 0.05) is 5.92 Å². The number of aryl methyl sites for hydroxylation is 1. The average molecular weight is 274 g/mol. The molecule has 19 heavy (non-hydrogen) atoms. The Kier molecular flexibility index (Phi) is 6.18. The second-order valence-electron chi connectivity index (χ2n) is 6.36. The molecule has 0 aliphatic rings. The van der Waals surface area contributed by atoms with Crippen LogP contribution in [0.3, 0.4) is 0 Å². The molecule has 0 amide bonds. The Hall–Kier alpha value is -1.20. The van der Waals surface area contributed by atoms with E-state index >= 15 is 0 Å². The van der Waals surface area contributed by atoms with Crippen LogP contribution < -0.4 is 0 Å². The lowest BCUT2D eigenvalue weighted by Gasteiger charge is -2.26. The van der Waals surface area contributed by atoms with E-state index in [9.17, 15) is 0 Å². The smallest absolute Gasteiger partial charge is 0.244 e. The molecule has 1 rings (SSSR count). The highest BCUT2D eigenvalue weighted by Crippen LogP contribution is 2.29. The normalized spacial score (nSPS) is 12.7. The molecule has 0 heterocycles. The first-order chi connectivity index (χ1) is 8.89. The molecule has 104 valence electrons. The first kappa shape index (κ1) is 15.9. The van der Waals surface area contributed by atoms with Crippen LogP contribution in [0.2, 0.25) is 13.1 Å². The second kappa shape index (κ2) is 7.40. The summed E-state index contributed by atoms with van der Waals surface area (Å²) in [6, 6.07) is 10.6. The molecule has 0 radical (unpaired) electrons. The molecule has 0 aromatic heterocycles. The van der Waals surface area contributed by atoms with Crippen LogP contribution in [0.25, 0.3) is 0 Å². The van der Waals surface area contributed by atoms with Gasteiger partial charge in [-0.05, 0) is 36.9 Å². The minimum atomic E-state index is -1.04. The van der Waals surface area contributed by atoms with Crippen LogP contribution in [0.15, 0.2) is 30.3 Å². The standard InChI is InChI=1S/C17H26OSi/c1-17(2,3)16(13-14-18-19(4)5)12-11-15-9-7-6-8-10-15/h6-10,16,19H,11-12H2,1-5H3/t16-/m1/s1. The molecule has 2 heteroatoms. The van der Waals surface area contributed by atoms with Gasteiger partial charge in [-0.3, -0.25) is 0 Å². The number of hydrogen-bond donors (Lipinski definition) is 0. The summed E-state index contributed by atoms with van der Waals surface area (Å²) < 4.78 is 5.50. The highest BCUT2D eigenvalue weighted by atomic mass is 28.3. The van der Waals surface area contributed by atoms with Crippen molar-refractivity contribution in [2.75, 3.05) is 0 Å². The third-order valence-electron chi connectivity index (χ3n) is 3.14. The van der Waals surface area contributed by atoms with E-state index in [1.165, 1.54) is 5.56 Å². The molecule has 1 nitrogen and oxygen atoms in total. The second-order valence-corrected chi connectivity index (χ2v) is 8.69. The van der Waals surface area contributed by atoms with Gasteiger partial charge in [0.05, 0.1) is 6.11 Å². The van der Waals surface area contributed by atoms with Crippen molar-refractivity contribution >= 4 is 9.04 Å². The summed E-state index contributed by atoms with van der Waals surface area (Å²) in [6.45, 7) is 11.0. The van der Waals surface area contributed by atoms with E-state index in [1.807, 2.05) is 0 Å². The maximum atomic E-state index is 5.50. The number of benzene rings is 1. The Morgan fingerprint density at radius 1 is 1.16 bits per heavy atom. The van der Waals surface area contributed by atoms with E-state index in [1.54, 1.807) is 0 Å². The Bertz CT molecular complexity index is 420. The third-order valence-corrected chi connectivity index (χ3v) is 3.73. The Balaban J connectivity index is 2.62. The largest absolute Gasteiger partial charge is 0.505 e. The summed E-state index contributed by atoms with van der Waals surface area (Å²) in [5.74, 6) is 3.70. The van der Waals surface area contributed by atoms with E-state index in [-0.39, 0.29) is 5.41 Å². The van der Waals surface area contributed by atoms with Crippen LogP contribution in [0.1, 0.15) is 32.8 Å². The van der Waals surface area contributed by atoms with Crippen LogP contribution in [0, 0.1) is 23.4 Å². The zero-order valence-corrected chi connectivity index (χ0v) is 14.0. The van der Waals surface area contributed by atoms with Crippen molar-refractivity contribution < 1.29 is 4.43 Å². The van der Waals surface area contributed by atoms with Crippen molar-refractivity contribution in [3.8, 4) is 12.0 Å². The van der Waals surface area contributed by atoms with Crippen LogP contribution >= 0.6 is 0 Å². The predicted octanol–water partition coefficient (Wildman–Crippen LogP) is 4.24. The first-order valence-corrected chi connectivity index (χ1v) is 9.88. The lowest BCUT2D eigenvalue weighted by Crippen LogP contribution is -2.20. The SMILES string of the molecule is C[SiH](C)OC#C[C@@H](CCc1ccccc1)C(C)(C)C. The van der Waals surface area contributed by atoms with Crippen LogP contribution in [-0.2, 0) is 10.8 Å². The van der Waals surface area contributed by atoms with Gasteiger partial charge in [-0.2, -0.15) is 0 Å². The molecule has 0 unspecified atom stereocenters. The minimum Gasteiger partial charge on any atom is -0.505 e. The lowest BCUT2D eigenvalue weighted by molar-refractivity contribution is 0.287. The van der Waals surface area contributed by atoms with Gasteiger partial charge < -0.3 is 4.43 Å². The first-order valence-electron chi connectivity index (χ1n) is 7.09. The molecular weight excluding hydrogens is 248 g/mol. The molecule has 0 saturated carbocycles. The van der Waals surface area contributed by atoms with Crippen molar-refractivity contribution in [3.63, 3.8) is 0 Å². The van der Waals surface area contributed by atoms with Crippen molar-refractivity contribution in [1.29, 1.82) is 0 Å². The van der Waals surface area contributed by atoms with Crippen LogP contribution in [0.5, 0.6) is 0 Å². The molecular formula is C17H26OSi. The Morgan fingerprint density at radius 2 is 1.79 bits per heavy atom. The summed E-state index contributed by atoms with van der Waals surface area (Å²) in [4.78, 5) is 0. The van der Waals surface area contributed by atoms with Gasteiger partial charge in [0.2, 0.25) is 9.04 Å². The highest BCUT2D eigenvalue weighted by molar-refractivity contribution is 6.48. The van der Waals surface area contributed by atoms with E-state index < -0.39 is 9.04 Å². The summed E-state index contributed by atoms with van der Waals surface area (Å²) in [5.41, 5.74) is 1.58. The topological polar surface area (TPSA) is 9.23 Å². The molecule has 0 fully saturated rings. The van der Waals surface area contributed by atoms with Crippen molar-refractivity contribution in [3.05, 3.63) is 35.9 Å². The Morgan fingerprint density at radius 3 is 2.32 bits per heavy atom. The van der Waals surface area contributed by atoms with E-state index in [4.69, 9.17) is 4.43 Å². The van der Waals surface area contributed by atoms with Gasteiger partial charge in [0.1, 0.15) is 0 Å².